The standard InChI is InChI=1S/C15H18N2O2/c1-2-17-10-16-8-12(17)9-19-13-4-5-14-11(7-13)3-6-15(14)18/h4-5,7-8,10,15,18H,2-3,6,9H2,1H3. The molecule has 1 aliphatic rings. The van der Waals surface area contributed by atoms with Crippen molar-refractivity contribution >= 4 is 0 Å². The van der Waals surface area contributed by atoms with Gasteiger partial charge in [-0.1, -0.05) is 6.07 Å². The van der Waals surface area contributed by atoms with Crippen molar-refractivity contribution in [2.75, 3.05) is 0 Å². The minimum absolute atomic E-state index is 0.300. The third kappa shape index (κ3) is 2.36. The van der Waals surface area contributed by atoms with Gasteiger partial charge in [-0.05, 0) is 43.0 Å². The number of hydrogen-bond donors (Lipinski definition) is 1. The van der Waals surface area contributed by atoms with Crippen molar-refractivity contribution in [1.82, 2.24) is 9.55 Å². The van der Waals surface area contributed by atoms with Gasteiger partial charge in [0.2, 0.25) is 0 Å². The van der Waals surface area contributed by atoms with Gasteiger partial charge in [0.1, 0.15) is 12.4 Å². The third-order valence-electron chi connectivity index (χ3n) is 3.69. The van der Waals surface area contributed by atoms with E-state index in [2.05, 4.69) is 16.5 Å². The van der Waals surface area contributed by atoms with Gasteiger partial charge in [0.05, 0.1) is 24.3 Å². The van der Waals surface area contributed by atoms with Gasteiger partial charge in [-0.25, -0.2) is 4.98 Å². The first-order chi connectivity index (χ1) is 9.28. The van der Waals surface area contributed by atoms with Gasteiger partial charge >= 0.3 is 0 Å². The van der Waals surface area contributed by atoms with Crippen LogP contribution in [0.15, 0.2) is 30.7 Å². The normalized spacial score (nSPS) is 17.5. The number of rotatable bonds is 4. The topological polar surface area (TPSA) is 47.3 Å². The van der Waals surface area contributed by atoms with Gasteiger partial charge in [-0.2, -0.15) is 0 Å². The summed E-state index contributed by atoms with van der Waals surface area (Å²) in [6, 6.07) is 5.94. The number of imidazole rings is 1. The van der Waals surface area contributed by atoms with Crippen molar-refractivity contribution in [2.24, 2.45) is 0 Å². The highest BCUT2D eigenvalue weighted by Gasteiger charge is 2.20. The summed E-state index contributed by atoms with van der Waals surface area (Å²) in [6.45, 7) is 3.51. The zero-order valence-corrected chi connectivity index (χ0v) is 11.0. The first-order valence-electron chi connectivity index (χ1n) is 6.70. The lowest BCUT2D eigenvalue weighted by molar-refractivity contribution is 0.180. The fraction of sp³-hybridized carbons (Fsp3) is 0.400. The Morgan fingerprint density at radius 2 is 2.37 bits per heavy atom. The van der Waals surface area contributed by atoms with Crippen molar-refractivity contribution in [3.8, 4) is 5.75 Å². The third-order valence-corrected chi connectivity index (χ3v) is 3.69. The molecule has 1 aliphatic carbocycles. The van der Waals surface area contributed by atoms with Crippen LogP contribution in [-0.2, 0) is 19.6 Å². The fourth-order valence-electron chi connectivity index (χ4n) is 2.57. The highest BCUT2D eigenvalue weighted by Crippen LogP contribution is 2.33. The van der Waals surface area contributed by atoms with E-state index in [1.54, 1.807) is 0 Å². The monoisotopic (exact) mass is 258 g/mol. The molecule has 1 unspecified atom stereocenters. The van der Waals surface area contributed by atoms with Gasteiger partial charge in [0.25, 0.3) is 0 Å². The summed E-state index contributed by atoms with van der Waals surface area (Å²) in [5, 5.41) is 9.77. The Hall–Kier alpha value is -1.81. The number of aryl methyl sites for hydroxylation is 2. The Morgan fingerprint density at radius 3 is 3.21 bits per heavy atom. The second kappa shape index (κ2) is 5.05. The number of hydrogen-bond acceptors (Lipinski definition) is 3. The van der Waals surface area contributed by atoms with E-state index < -0.39 is 0 Å². The molecule has 0 amide bonds. The Morgan fingerprint density at radius 1 is 1.47 bits per heavy atom. The van der Waals surface area contributed by atoms with Crippen LogP contribution in [0.25, 0.3) is 0 Å². The maximum Gasteiger partial charge on any atom is 0.130 e. The lowest BCUT2D eigenvalue weighted by Gasteiger charge is -2.10. The second-order valence-corrected chi connectivity index (χ2v) is 4.87. The van der Waals surface area contributed by atoms with E-state index in [1.165, 1.54) is 5.56 Å². The first-order valence-corrected chi connectivity index (χ1v) is 6.70. The zero-order valence-electron chi connectivity index (χ0n) is 11.0. The smallest absolute Gasteiger partial charge is 0.130 e. The molecule has 0 saturated carbocycles. The molecule has 1 atom stereocenters. The minimum atomic E-state index is -0.300. The second-order valence-electron chi connectivity index (χ2n) is 4.87. The molecule has 0 bridgehead atoms. The Bertz CT molecular complexity index is 577. The number of ether oxygens (including phenoxy) is 1. The molecule has 0 spiro atoms. The molecule has 0 aliphatic heterocycles. The van der Waals surface area contributed by atoms with E-state index in [0.717, 1.165) is 36.4 Å². The highest BCUT2D eigenvalue weighted by atomic mass is 16.5. The number of aliphatic hydroxyl groups excluding tert-OH is 1. The van der Waals surface area contributed by atoms with Crippen LogP contribution in [0.4, 0.5) is 0 Å². The van der Waals surface area contributed by atoms with E-state index in [0.29, 0.717) is 6.61 Å². The molecule has 19 heavy (non-hydrogen) atoms. The molecule has 1 aromatic carbocycles. The molecule has 1 aromatic heterocycles. The minimum Gasteiger partial charge on any atom is -0.487 e. The predicted molar refractivity (Wildman–Crippen MR) is 72.0 cm³/mol. The Kier molecular flexibility index (Phi) is 3.25. The number of benzene rings is 1. The number of nitrogens with zero attached hydrogens (tertiary/aromatic N) is 2. The summed E-state index contributed by atoms with van der Waals surface area (Å²) in [6.07, 6.45) is 5.10. The van der Waals surface area contributed by atoms with Gasteiger partial charge in [0, 0.05) is 6.54 Å². The summed E-state index contributed by atoms with van der Waals surface area (Å²) >= 11 is 0. The molecule has 1 heterocycles. The van der Waals surface area contributed by atoms with Crippen LogP contribution in [0.5, 0.6) is 5.75 Å². The number of aromatic nitrogens is 2. The molecule has 0 fully saturated rings. The van der Waals surface area contributed by atoms with E-state index in [9.17, 15) is 5.11 Å². The van der Waals surface area contributed by atoms with Crippen molar-refractivity contribution in [1.29, 1.82) is 0 Å². The summed E-state index contributed by atoms with van der Waals surface area (Å²) < 4.78 is 7.88. The van der Waals surface area contributed by atoms with Crippen LogP contribution in [0.3, 0.4) is 0 Å². The van der Waals surface area contributed by atoms with Gasteiger partial charge in [-0.15, -0.1) is 0 Å². The number of aliphatic hydroxyl groups is 1. The van der Waals surface area contributed by atoms with Gasteiger partial charge in [-0.3, -0.25) is 0 Å². The van der Waals surface area contributed by atoms with E-state index in [4.69, 9.17) is 4.74 Å². The van der Waals surface area contributed by atoms with E-state index in [-0.39, 0.29) is 6.10 Å². The predicted octanol–water partition coefficient (Wildman–Crippen LogP) is 2.46. The summed E-state index contributed by atoms with van der Waals surface area (Å²) in [7, 11) is 0. The van der Waals surface area contributed by atoms with E-state index in [1.807, 2.05) is 30.7 Å². The van der Waals surface area contributed by atoms with Crippen molar-refractivity contribution in [3.05, 3.63) is 47.5 Å². The lowest BCUT2D eigenvalue weighted by atomic mass is 10.1. The van der Waals surface area contributed by atoms with Crippen LogP contribution in [0, 0.1) is 0 Å². The van der Waals surface area contributed by atoms with Crippen molar-refractivity contribution in [2.45, 2.75) is 39.0 Å². The summed E-state index contributed by atoms with van der Waals surface area (Å²) in [5.74, 6) is 0.858. The van der Waals surface area contributed by atoms with Crippen molar-refractivity contribution in [3.63, 3.8) is 0 Å². The molecule has 2 aromatic rings. The molecule has 0 radical (unpaired) electrons. The molecular weight excluding hydrogens is 240 g/mol. The van der Waals surface area contributed by atoms with Crippen LogP contribution in [0.1, 0.15) is 36.3 Å². The maximum absolute atomic E-state index is 9.77. The Labute approximate surface area is 112 Å². The fourth-order valence-corrected chi connectivity index (χ4v) is 2.57. The largest absolute Gasteiger partial charge is 0.487 e. The average Bonchev–Trinajstić information content (AvgIpc) is 3.03. The van der Waals surface area contributed by atoms with E-state index >= 15 is 0 Å². The zero-order chi connectivity index (χ0) is 13.2. The lowest BCUT2D eigenvalue weighted by Crippen LogP contribution is -2.04. The average molecular weight is 258 g/mol. The highest BCUT2D eigenvalue weighted by molar-refractivity contribution is 5.39. The maximum atomic E-state index is 9.77. The molecule has 4 heteroatoms. The SMILES string of the molecule is CCn1cncc1COc1ccc2c(c1)CCC2O. The molecule has 1 N–H and O–H groups in total. The molecule has 3 rings (SSSR count). The van der Waals surface area contributed by atoms with Gasteiger partial charge < -0.3 is 14.4 Å². The van der Waals surface area contributed by atoms with Crippen LogP contribution < -0.4 is 4.74 Å². The molecule has 0 saturated heterocycles. The molecular formula is C15H18N2O2. The summed E-state index contributed by atoms with van der Waals surface area (Å²) in [5.41, 5.74) is 3.32. The molecule has 100 valence electrons. The van der Waals surface area contributed by atoms with Crippen LogP contribution in [0.2, 0.25) is 0 Å². The molecule has 4 nitrogen and oxygen atoms in total. The van der Waals surface area contributed by atoms with Crippen LogP contribution >= 0.6 is 0 Å². The van der Waals surface area contributed by atoms with Crippen molar-refractivity contribution < 1.29 is 9.84 Å². The van der Waals surface area contributed by atoms with Crippen LogP contribution in [-0.4, -0.2) is 14.7 Å². The van der Waals surface area contributed by atoms with Gasteiger partial charge in [0.15, 0.2) is 0 Å². The summed E-state index contributed by atoms with van der Waals surface area (Å²) in [4.78, 5) is 4.12. The first kappa shape index (κ1) is 12.2. The quantitative estimate of drug-likeness (QED) is 0.916. The number of fused-ring (bicyclic) bond motifs is 1. The Balaban J connectivity index is 1.71.